The smallest absolute Gasteiger partial charge is 0.269 e. The molecule has 1 N–H and O–H groups in total. The molecule has 1 rings (SSSR count). The van der Waals surface area contributed by atoms with Gasteiger partial charge in [0.25, 0.3) is 10.1 Å². The van der Waals surface area contributed by atoms with E-state index in [0.29, 0.717) is 5.57 Å². The summed E-state index contributed by atoms with van der Waals surface area (Å²) in [7, 11) is -3.97. The first-order valence-corrected chi connectivity index (χ1v) is 5.28. The Hall–Kier alpha value is -1.13. The highest BCUT2D eigenvalue weighted by Gasteiger charge is 2.08. The topological polar surface area (TPSA) is 54.4 Å². The van der Waals surface area contributed by atoms with Gasteiger partial charge in [-0.3, -0.25) is 4.55 Å². The van der Waals surface area contributed by atoms with Crippen molar-refractivity contribution < 1.29 is 13.0 Å². The van der Waals surface area contributed by atoms with E-state index in [9.17, 15) is 8.42 Å². The van der Waals surface area contributed by atoms with Crippen molar-refractivity contribution >= 4 is 15.7 Å². The fourth-order valence-electron chi connectivity index (χ4n) is 0.977. The van der Waals surface area contributed by atoms with Gasteiger partial charge >= 0.3 is 0 Å². The Bertz CT molecular complexity index is 392. The van der Waals surface area contributed by atoms with Gasteiger partial charge in [0.2, 0.25) is 0 Å². The predicted molar refractivity (Wildman–Crippen MR) is 51.9 cm³/mol. The molecule has 0 aliphatic carbocycles. The number of benzene rings is 1. The molecular formula is C9H10O3S. The predicted octanol–water partition coefficient (Wildman–Crippen LogP) is 1.59. The molecule has 0 atom stereocenters. The fourth-order valence-corrected chi connectivity index (χ4v) is 1.58. The summed E-state index contributed by atoms with van der Waals surface area (Å²) in [6.07, 6.45) is 0. The van der Waals surface area contributed by atoms with Crippen LogP contribution in [0.25, 0.3) is 5.57 Å². The summed E-state index contributed by atoms with van der Waals surface area (Å²) in [5, 5.41) is 0. The number of rotatable bonds is 3. The summed E-state index contributed by atoms with van der Waals surface area (Å²) in [6.45, 7) is 3.57. The molecule has 0 fully saturated rings. The van der Waals surface area contributed by atoms with E-state index in [2.05, 4.69) is 6.58 Å². The third kappa shape index (κ3) is 3.40. The normalized spacial score (nSPS) is 11.2. The van der Waals surface area contributed by atoms with Crippen LogP contribution in [0.2, 0.25) is 0 Å². The average Bonchev–Trinajstić information content (AvgIpc) is 2.03. The number of hydrogen-bond acceptors (Lipinski definition) is 2. The van der Waals surface area contributed by atoms with E-state index >= 15 is 0 Å². The first-order valence-electron chi connectivity index (χ1n) is 3.67. The zero-order chi connectivity index (χ0) is 9.90. The molecule has 0 amide bonds. The Labute approximate surface area is 77.5 Å². The van der Waals surface area contributed by atoms with Crippen molar-refractivity contribution in [2.45, 2.75) is 0 Å². The molecule has 0 saturated carbocycles. The molecule has 0 heterocycles. The van der Waals surface area contributed by atoms with Gasteiger partial charge in [-0.2, -0.15) is 8.42 Å². The van der Waals surface area contributed by atoms with Crippen LogP contribution in [0.1, 0.15) is 5.56 Å². The molecule has 0 bridgehead atoms. The van der Waals surface area contributed by atoms with Crippen LogP contribution in [0.5, 0.6) is 0 Å². The highest BCUT2D eigenvalue weighted by Crippen LogP contribution is 2.12. The van der Waals surface area contributed by atoms with E-state index < -0.39 is 15.9 Å². The minimum absolute atomic E-state index is 0.392. The molecule has 70 valence electrons. The van der Waals surface area contributed by atoms with Gasteiger partial charge in [0, 0.05) is 0 Å². The maximum atomic E-state index is 10.5. The molecule has 0 saturated heterocycles. The minimum atomic E-state index is -3.97. The van der Waals surface area contributed by atoms with Gasteiger partial charge in [-0.1, -0.05) is 36.9 Å². The lowest BCUT2D eigenvalue weighted by molar-refractivity contribution is 0.487. The van der Waals surface area contributed by atoms with Crippen LogP contribution in [0.15, 0.2) is 36.9 Å². The molecule has 13 heavy (non-hydrogen) atoms. The van der Waals surface area contributed by atoms with Crippen LogP contribution >= 0.6 is 0 Å². The van der Waals surface area contributed by atoms with E-state index in [0.717, 1.165) is 5.56 Å². The maximum absolute atomic E-state index is 10.5. The van der Waals surface area contributed by atoms with Gasteiger partial charge in [0.15, 0.2) is 0 Å². The second-order valence-electron chi connectivity index (χ2n) is 2.70. The highest BCUT2D eigenvalue weighted by molar-refractivity contribution is 7.86. The van der Waals surface area contributed by atoms with Crippen LogP contribution in [-0.4, -0.2) is 18.7 Å². The van der Waals surface area contributed by atoms with E-state index in [1.807, 2.05) is 6.07 Å². The molecule has 3 nitrogen and oxygen atoms in total. The molecule has 0 aliphatic rings. The molecule has 1 aromatic rings. The van der Waals surface area contributed by atoms with E-state index in [1.165, 1.54) is 0 Å². The summed E-state index contributed by atoms with van der Waals surface area (Å²) in [5.41, 5.74) is 1.11. The lowest BCUT2D eigenvalue weighted by Crippen LogP contribution is -2.04. The van der Waals surface area contributed by atoms with E-state index in [1.54, 1.807) is 24.3 Å². The van der Waals surface area contributed by atoms with E-state index in [-0.39, 0.29) is 0 Å². The van der Waals surface area contributed by atoms with Crippen molar-refractivity contribution in [1.82, 2.24) is 0 Å². The fraction of sp³-hybridized carbons (Fsp3) is 0.111. The summed E-state index contributed by atoms with van der Waals surface area (Å²) < 4.78 is 29.6. The molecule has 0 spiro atoms. The van der Waals surface area contributed by atoms with Gasteiger partial charge < -0.3 is 0 Å². The van der Waals surface area contributed by atoms with Crippen molar-refractivity contribution in [3.05, 3.63) is 42.5 Å². The van der Waals surface area contributed by atoms with Crippen LogP contribution in [-0.2, 0) is 10.1 Å². The quantitative estimate of drug-likeness (QED) is 0.750. The van der Waals surface area contributed by atoms with Crippen LogP contribution < -0.4 is 0 Å². The molecule has 0 aliphatic heterocycles. The Morgan fingerprint density at radius 2 is 1.85 bits per heavy atom. The van der Waals surface area contributed by atoms with Crippen molar-refractivity contribution in [3.8, 4) is 0 Å². The van der Waals surface area contributed by atoms with E-state index in [4.69, 9.17) is 4.55 Å². The lowest BCUT2D eigenvalue weighted by Gasteiger charge is -2.02. The Morgan fingerprint density at radius 1 is 1.31 bits per heavy atom. The van der Waals surface area contributed by atoms with Crippen LogP contribution in [0, 0.1) is 0 Å². The van der Waals surface area contributed by atoms with Gasteiger partial charge in [0.1, 0.15) is 5.75 Å². The lowest BCUT2D eigenvalue weighted by atomic mass is 10.1. The van der Waals surface area contributed by atoms with Gasteiger partial charge in [-0.15, -0.1) is 0 Å². The Morgan fingerprint density at radius 3 is 2.31 bits per heavy atom. The maximum Gasteiger partial charge on any atom is 0.269 e. The van der Waals surface area contributed by atoms with Gasteiger partial charge in [-0.05, 0) is 11.1 Å². The van der Waals surface area contributed by atoms with Gasteiger partial charge in [-0.25, -0.2) is 0 Å². The zero-order valence-electron chi connectivity index (χ0n) is 6.97. The molecule has 1 aromatic carbocycles. The first kappa shape index (κ1) is 9.95. The molecule has 0 aromatic heterocycles. The molecule has 0 unspecified atom stereocenters. The molecular weight excluding hydrogens is 188 g/mol. The average molecular weight is 198 g/mol. The first-order chi connectivity index (χ1) is 5.99. The minimum Gasteiger partial charge on any atom is -0.285 e. The standard InChI is InChI=1S/C9H10O3S/c1-8(7-13(10,11)12)9-5-3-2-4-6-9/h2-6H,1,7H2,(H,10,11,12). The summed E-state index contributed by atoms with van der Waals surface area (Å²) in [6, 6.07) is 8.88. The second kappa shape index (κ2) is 3.72. The van der Waals surface area contributed by atoms with Gasteiger partial charge in [0.05, 0.1) is 0 Å². The summed E-state index contributed by atoms with van der Waals surface area (Å²) >= 11 is 0. The zero-order valence-corrected chi connectivity index (χ0v) is 7.79. The molecule has 4 heteroatoms. The summed E-state index contributed by atoms with van der Waals surface area (Å²) in [5.74, 6) is -0.420. The second-order valence-corrected chi connectivity index (χ2v) is 4.15. The third-order valence-corrected chi connectivity index (χ3v) is 2.25. The number of hydrogen-bond donors (Lipinski definition) is 1. The third-order valence-electron chi connectivity index (χ3n) is 1.54. The Balaban J connectivity index is 2.82. The van der Waals surface area contributed by atoms with Crippen LogP contribution in [0.3, 0.4) is 0 Å². The van der Waals surface area contributed by atoms with Crippen molar-refractivity contribution in [1.29, 1.82) is 0 Å². The SMILES string of the molecule is C=C(CS(=O)(=O)O)c1ccccc1. The van der Waals surface area contributed by atoms with Crippen LogP contribution in [0.4, 0.5) is 0 Å². The summed E-state index contributed by atoms with van der Waals surface area (Å²) in [4.78, 5) is 0. The molecule has 0 radical (unpaired) electrons. The Kier molecular flexibility index (Phi) is 2.85. The monoisotopic (exact) mass is 198 g/mol. The van der Waals surface area contributed by atoms with Crippen molar-refractivity contribution in [2.75, 3.05) is 5.75 Å². The van der Waals surface area contributed by atoms with Crippen molar-refractivity contribution in [3.63, 3.8) is 0 Å². The largest absolute Gasteiger partial charge is 0.285 e. The highest BCUT2D eigenvalue weighted by atomic mass is 32.2. The van der Waals surface area contributed by atoms with Crippen molar-refractivity contribution in [2.24, 2.45) is 0 Å².